The summed E-state index contributed by atoms with van der Waals surface area (Å²) in [6.07, 6.45) is 3.73. The average Bonchev–Trinajstić information content (AvgIpc) is 2.67. The Morgan fingerprint density at radius 1 is 1.13 bits per heavy atom. The molecule has 2 unspecified atom stereocenters. The van der Waals surface area contributed by atoms with E-state index in [0.29, 0.717) is 5.54 Å². The first-order chi connectivity index (χ1) is 7.17. The SMILES string of the molecule is CCC(CC)(CC)NCC1CNCC1C. The van der Waals surface area contributed by atoms with Crippen molar-refractivity contribution in [3.05, 3.63) is 0 Å². The average molecular weight is 212 g/mol. The Morgan fingerprint density at radius 3 is 2.13 bits per heavy atom. The number of nitrogens with one attached hydrogen (secondary N) is 2. The van der Waals surface area contributed by atoms with Crippen LogP contribution in [-0.2, 0) is 0 Å². The molecule has 0 radical (unpaired) electrons. The van der Waals surface area contributed by atoms with Gasteiger partial charge in [0.1, 0.15) is 0 Å². The van der Waals surface area contributed by atoms with Crippen LogP contribution in [0.25, 0.3) is 0 Å². The topological polar surface area (TPSA) is 24.1 Å². The molecular weight excluding hydrogens is 184 g/mol. The van der Waals surface area contributed by atoms with Gasteiger partial charge in [-0.25, -0.2) is 0 Å². The summed E-state index contributed by atoms with van der Waals surface area (Å²) in [6, 6.07) is 0. The van der Waals surface area contributed by atoms with Crippen molar-refractivity contribution in [1.29, 1.82) is 0 Å². The molecule has 1 heterocycles. The molecular formula is C13H28N2. The molecule has 2 N–H and O–H groups in total. The first-order valence-electron chi connectivity index (χ1n) is 6.63. The van der Waals surface area contributed by atoms with E-state index in [9.17, 15) is 0 Å². The van der Waals surface area contributed by atoms with Crippen LogP contribution in [0.1, 0.15) is 47.0 Å². The maximum atomic E-state index is 3.81. The molecule has 1 aliphatic heterocycles. The summed E-state index contributed by atoms with van der Waals surface area (Å²) >= 11 is 0. The number of hydrogen-bond donors (Lipinski definition) is 2. The molecule has 2 heteroatoms. The largest absolute Gasteiger partial charge is 0.316 e. The van der Waals surface area contributed by atoms with E-state index in [4.69, 9.17) is 0 Å². The minimum absolute atomic E-state index is 0.391. The van der Waals surface area contributed by atoms with Crippen LogP contribution in [0.4, 0.5) is 0 Å². The Morgan fingerprint density at radius 2 is 1.73 bits per heavy atom. The zero-order chi connectivity index (χ0) is 11.3. The van der Waals surface area contributed by atoms with Crippen molar-refractivity contribution in [1.82, 2.24) is 10.6 Å². The molecule has 2 atom stereocenters. The molecule has 0 bridgehead atoms. The van der Waals surface area contributed by atoms with Gasteiger partial charge in [0.25, 0.3) is 0 Å². The lowest BCUT2D eigenvalue weighted by molar-refractivity contribution is 0.261. The van der Waals surface area contributed by atoms with Crippen molar-refractivity contribution in [3.63, 3.8) is 0 Å². The molecule has 2 nitrogen and oxygen atoms in total. The molecule has 0 aliphatic carbocycles. The molecule has 0 aromatic heterocycles. The van der Waals surface area contributed by atoms with Crippen LogP contribution >= 0.6 is 0 Å². The highest BCUT2D eigenvalue weighted by Gasteiger charge is 2.28. The molecule has 1 saturated heterocycles. The van der Waals surface area contributed by atoms with Crippen molar-refractivity contribution in [2.75, 3.05) is 19.6 Å². The molecule has 1 aliphatic rings. The fraction of sp³-hybridized carbons (Fsp3) is 1.00. The summed E-state index contributed by atoms with van der Waals surface area (Å²) in [7, 11) is 0. The molecule has 0 aromatic rings. The molecule has 0 amide bonds. The van der Waals surface area contributed by atoms with Gasteiger partial charge in [0.05, 0.1) is 0 Å². The Balaban J connectivity index is 2.39. The van der Waals surface area contributed by atoms with Crippen LogP contribution in [0, 0.1) is 11.8 Å². The van der Waals surface area contributed by atoms with Crippen LogP contribution in [-0.4, -0.2) is 25.2 Å². The fourth-order valence-electron chi connectivity index (χ4n) is 2.61. The molecule has 0 saturated carbocycles. The molecule has 1 rings (SSSR count). The van der Waals surface area contributed by atoms with Gasteiger partial charge in [-0.1, -0.05) is 27.7 Å². The normalized spacial score (nSPS) is 27.2. The minimum atomic E-state index is 0.391. The third-order valence-electron chi connectivity index (χ3n) is 4.45. The van der Waals surface area contributed by atoms with Crippen molar-refractivity contribution < 1.29 is 0 Å². The van der Waals surface area contributed by atoms with Crippen LogP contribution < -0.4 is 10.6 Å². The molecule has 1 fully saturated rings. The van der Waals surface area contributed by atoms with E-state index in [1.807, 2.05) is 0 Å². The van der Waals surface area contributed by atoms with Gasteiger partial charge in [-0.05, 0) is 50.7 Å². The summed E-state index contributed by atoms with van der Waals surface area (Å²) in [6.45, 7) is 12.8. The molecule has 0 aromatic carbocycles. The van der Waals surface area contributed by atoms with E-state index >= 15 is 0 Å². The molecule has 0 spiro atoms. The summed E-state index contributed by atoms with van der Waals surface area (Å²) in [4.78, 5) is 0. The van der Waals surface area contributed by atoms with Gasteiger partial charge in [0.15, 0.2) is 0 Å². The molecule has 90 valence electrons. The van der Waals surface area contributed by atoms with Crippen molar-refractivity contribution in [2.45, 2.75) is 52.5 Å². The third kappa shape index (κ3) is 3.18. The van der Waals surface area contributed by atoms with Gasteiger partial charge in [0.2, 0.25) is 0 Å². The lowest BCUT2D eigenvalue weighted by Gasteiger charge is -2.33. The van der Waals surface area contributed by atoms with Gasteiger partial charge in [-0.3, -0.25) is 0 Å². The highest BCUT2D eigenvalue weighted by atomic mass is 15.0. The zero-order valence-electron chi connectivity index (χ0n) is 10.9. The van der Waals surface area contributed by atoms with Gasteiger partial charge < -0.3 is 10.6 Å². The fourth-order valence-corrected chi connectivity index (χ4v) is 2.61. The Labute approximate surface area is 95.2 Å². The smallest absolute Gasteiger partial charge is 0.0173 e. The van der Waals surface area contributed by atoms with Crippen molar-refractivity contribution in [2.24, 2.45) is 11.8 Å². The third-order valence-corrected chi connectivity index (χ3v) is 4.45. The van der Waals surface area contributed by atoms with Gasteiger partial charge in [0, 0.05) is 5.54 Å². The van der Waals surface area contributed by atoms with Crippen LogP contribution in [0.3, 0.4) is 0 Å². The number of hydrogen-bond acceptors (Lipinski definition) is 2. The van der Waals surface area contributed by atoms with E-state index in [1.54, 1.807) is 0 Å². The molecule has 15 heavy (non-hydrogen) atoms. The summed E-state index contributed by atoms with van der Waals surface area (Å²) in [5.74, 6) is 1.66. The quantitative estimate of drug-likeness (QED) is 0.706. The van der Waals surface area contributed by atoms with Crippen molar-refractivity contribution in [3.8, 4) is 0 Å². The van der Waals surface area contributed by atoms with Crippen LogP contribution in [0.15, 0.2) is 0 Å². The summed E-state index contributed by atoms with van der Waals surface area (Å²) in [5.41, 5.74) is 0.391. The lowest BCUT2D eigenvalue weighted by atomic mass is 9.88. The summed E-state index contributed by atoms with van der Waals surface area (Å²) < 4.78 is 0. The summed E-state index contributed by atoms with van der Waals surface area (Å²) in [5, 5.41) is 7.29. The first-order valence-corrected chi connectivity index (χ1v) is 6.63. The second kappa shape index (κ2) is 5.86. The predicted octanol–water partition coefficient (Wildman–Crippen LogP) is 2.40. The zero-order valence-corrected chi connectivity index (χ0v) is 10.9. The maximum absolute atomic E-state index is 3.81. The van der Waals surface area contributed by atoms with E-state index in [2.05, 4.69) is 38.3 Å². The van der Waals surface area contributed by atoms with Crippen LogP contribution in [0.5, 0.6) is 0 Å². The van der Waals surface area contributed by atoms with E-state index < -0.39 is 0 Å². The monoisotopic (exact) mass is 212 g/mol. The van der Waals surface area contributed by atoms with E-state index in [0.717, 1.165) is 11.8 Å². The van der Waals surface area contributed by atoms with Gasteiger partial charge >= 0.3 is 0 Å². The number of rotatable bonds is 6. The highest BCUT2D eigenvalue weighted by Crippen LogP contribution is 2.21. The lowest BCUT2D eigenvalue weighted by Crippen LogP contribution is -2.46. The maximum Gasteiger partial charge on any atom is 0.0173 e. The Hall–Kier alpha value is -0.0800. The van der Waals surface area contributed by atoms with Crippen molar-refractivity contribution >= 4 is 0 Å². The second-order valence-electron chi connectivity index (χ2n) is 5.12. The Bertz CT molecular complexity index is 167. The van der Waals surface area contributed by atoms with Crippen LogP contribution in [0.2, 0.25) is 0 Å². The van der Waals surface area contributed by atoms with Gasteiger partial charge in [-0.15, -0.1) is 0 Å². The minimum Gasteiger partial charge on any atom is -0.316 e. The van der Waals surface area contributed by atoms with E-state index in [1.165, 1.54) is 38.9 Å². The van der Waals surface area contributed by atoms with Gasteiger partial charge in [-0.2, -0.15) is 0 Å². The predicted molar refractivity (Wildman–Crippen MR) is 67.1 cm³/mol. The Kier molecular flexibility index (Phi) is 5.07. The van der Waals surface area contributed by atoms with E-state index in [-0.39, 0.29) is 0 Å². The first kappa shape index (κ1) is 13.0. The standard InChI is InChI=1S/C13H28N2/c1-5-13(6-2,7-3)15-10-12-9-14-8-11(12)4/h11-12,14-15H,5-10H2,1-4H3. The second-order valence-corrected chi connectivity index (χ2v) is 5.12. The highest BCUT2D eigenvalue weighted by molar-refractivity contribution is 4.87.